The lowest BCUT2D eigenvalue weighted by atomic mass is 9.88. The fourth-order valence-corrected chi connectivity index (χ4v) is 7.06. The van der Waals surface area contributed by atoms with Crippen LogP contribution in [0.3, 0.4) is 0 Å². The highest BCUT2D eigenvalue weighted by Gasteiger charge is 2.23. The van der Waals surface area contributed by atoms with Gasteiger partial charge in [-0.2, -0.15) is 5.26 Å². The molecule has 0 radical (unpaired) electrons. The van der Waals surface area contributed by atoms with Crippen molar-refractivity contribution in [2.24, 2.45) is 0 Å². The molecule has 224 valence electrons. The molecule has 8 rings (SSSR count). The molecular weight excluding hydrogens is 571 g/mol. The second kappa shape index (κ2) is 11.4. The van der Waals surface area contributed by atoms with E-state index in [2.05, 4.69) is 152 Å². The van der Waals surface area contributed by atoms with Crippen LogP contribution in [-0.4, -0.2) is 0 Å². The molecule has 0 aromatic heterocycles. The number of nitriles is 1. The first kappa shape index (κ1) is 28.4. The second-order valence-electron chi connectivity index (χ2n) is 12.3. The molecule has 0 amide bonds. The molecule has 3 nitrogen and oxygen atoms in total. The van der Waals surface area contributed by atoms with Crippen molar-refractivity contribution < 1.29 is 0 Å². The Morgan fingerprint density at radius 3 is 1.23 bits per heavy atom. The molecular formula is C44H33N3. The minimum Gasteiger partial charge on any atom is -0.310 e. The monoisotopic (exact) mass is 603 g/mol. The number of rotatable bonds is 6. The molecule has 8 aromatic rings. The normalized spacial score (nSPS) is 11.3. The Morgan fingerprint density at radius 2 is 0.809 bits per heavy atom. The van der Waals surface area contributed by atoms with Crippen LogP contribution in [0.4, 0.5) is 34.1 Å². The molecule has 0 unspecified atom stereocenters. The molecule has 0 atom stereocenters. The summed E-state index contributed by atoms with van der Waals surface area (Å²) in [6, 6.07) is 53.9. The third-order valence-corrected chi connectivity index (χ3v) is 9.33. The van der Waals surface area contributed by atoms with Crippen molar-refractivity contribution in [3.63, 3.8) is 0 Å². The third kappa shape index (κ3) is 4.74. The van der Waals surface area contributed by atoms with Crippen molar-refractivity contribution >= 4 is 66.4 Å². The van der Waals surface area contributed by atoms with Crippen LogP contribution >= 0.6 is 0 Å². The second-order valence-corrected chi connectivity index (χ2v) is 12.3. The number of hydrogen-bond donors (Lipinski definition) is 0. The summed E-state index contributed by atoms with van der Waals surface area (Å²) in [7, 11) is 0. The Hall–Kier alpha value is -6.11. The summed E-state index contributed by atoms with van der Waals surface area (Å²) in [5.41, 5.74) is 10.9. The van der Waals surface area contributed by atoms with E-state index in [4.69, 9.17) is 0 Å². The van der Waals surface area contributed by atoms with E-state index in [1.807, 2.05) is 30.3 Å². The fourth-order valence-electron chi connectivity index (χ4n) is 7.06. The first-order chi connectivity index (χ1) is 23.0. The quantitative estimate of drug-likeness (QED) is 0.177. The minimum absolute atomic E-state index is 0.646. The molecule has 47 heavy (non-hydrogen) atoms. The van der Waals surface area contributed by atoms with Crippen LogP contribution in [0.1, 0.15) is 22.3 Å². The summed E-state index contributed by atoms with van der Waals surface area (Å²) >= 11 is 0. The first-order valence-corrected chi connectivity index (χ1v) is 16.0. The van der Waals surface area contributed by atoms with E-state index in [9.17, 15) is 5.26 Å². The molecule has 0 saturated heterocycles. The molecule has 0 spiro atoms. The highest BCUT2D eigenvalue weighted by Crippen LogP contribution is 2.49. The fraction of sp³-hybridized carbons (Fsp3) is 0.0682. The molecule has 0 aliphatic heterocycles. The van der Waals surface area contributed by atoms with E-state index >= 15 is 0 Å². The molecule has 0 fully saturated rings. The Bertz CT molecular complexity index is 2420. The number of aryl methyl sites for hydroxylation is 3. The lowest BCUT2D eigenvalue weighted by molar-refractivity contribution is 1.28. The van der Waals surface area contributed by atoms with E-state index in [1.54, 1.807) is 0 Å². The van der Waals surface area contributed by atoms with Crippen LogP contribution < -0.4 is 9.80 Å². The Balaban J connectivity index is 1.45. The first-order valence-electron chi connectivity index (χ1n) is 16.0. The standard InChI is InChI=1S/C44H33N3/c1-29-14-18-35(19-15-29)46(33-10-6-4-7-11-33)41-26-30(2)37-23-25-40-42(27-31(3)38-22-24-39(41)43(37)44(38)40)47(34-12-8-5-9-13-34)36-20-16-32(28-45)17-21-36/h4-27H,1-3H3. The van der Waals surface area contributed by atoms with Crippen molar-refractivity contribution in [2.75, 3.05) is 9.80 Å². The van der Waals surface area contributed by atoms with E-state index in [0.717, 1.165) is 34.1 Å². The van der Waals surface area contributed by atoms with Crippen LogP contribution in [-0.2, 0) is 0 Å². The zero-order chi connectivity index (χ0) is 32.1. The Labute approximate surface area is 275 Å². The summed E-state index contributed by atoms with van der Waals surface area (Å²) in [5.74, 6) is 0. The predicted octanol–water partition coefficient (Wildman–Crippen LogP) is 12.3. The summed E-state index contributed by atoms with van der Waals surface area (Å²) in [5, 5.41) is 17.0. The largest absolute Gasteiger partial charge is 0.310 e. The Kier molecular flexibility index (Phi) is 6.85. The maximum absolute atomic E-state index is 9.51. The van der Waals surface area contributed by atoms with E-state index in [1.165, 1.54) is 49.0 Å². The van der Waals surface area contributed by atoms with Crippen molar-refractivity contribution in [1.29, 1.82) is 5.26 Å². The van der Waals surface area contributed by atoms with E-state index < -0.39 is 0 Å². The minimum atomic E-state index is 0.646. The maximum atomic E-state index is 9.51. The number of hydrogen-bond acceptors (Lipinski definition) is 3. The number of nitrogens with zero attached hydrogens (tertiary/aromatic N) is 3. The molecule has 8 aromatic carbocycles. The van der Waals surface area contributed by atoms with E-state index in [-0.39, 0.29) is 0 Å². The topological polar surface area (TPSA) is 30.3 Å². The van der Waals surface area contributed by atoms with Gasteiger partial charge in [0, 0.05) is 33.5 Å². The number of para-hydroxylation sites is 2. The van der Waals surface area contributed by atoms with Crippen molar-refractivity contribution in [1.82, 2.24) is 0 Å². The zero-order valence-electron chi connectivity index (χ0n) is 26.7. The van der Waals surface area contributed by atoms with Gasteiger partial charge in [-0.3, -0.25) is 0 Å². The zero-order valence-corrected chi connectivity index (χ0v) is 26.7. The van der Waals surface area contributed by atoms with Crippen LogP contribution in [0.25, 0.3) is 32.3 Å². The molecule has 0 N–H and O–H groups in total. The smallest absolute Gasteiger partial charge is 0.0991 e. The molecule has 0 aliphatic rings. The molecule has 0 heterocycles. The van der Waals surface area contributed by atoms with Gasteiger partial charge in [-0.05, 0) is 126 Å². The summed E-state index contributed by atoms with van der Waals surface area (Å²) < 4.78 is 0. The van der Waals surface area contributed by atoms with Crippen LogP contribution in [0.15, 0.2) is 146 Å². The van der Waals surface area contributed by atoms with Gasteiger partial charge in [0.2, 0.25) is 0 Å². The lowest BCUT2D eigenvalue weighted by Crippen LogP contribution is -2.12. The number of anilines is 6. The molecule has 0 aliphatic carbocycles. The predicted molar refractivity (Wildman–Crippen MR) is 198 cm³/mol. The van der Waals surface area contributed by atoms with Crippen LogP contribution in [0, 0.1) is 32.1 Å². The molecule has 3 heteroatoms. The summed E-state index contributed by atoms with van der Waals surface area (Å²) in [6.45, 7) is 6.58. The summed E-state index contributed by atoms with van der Waals surface area (Å²) in [4.78, 5) is 4.70. The molecule has 0 bridgehead atoms. The van der Waals surface area contributed by atoms with Gasteiger partial charge < -0.3 is 9.80 Å². The Morgan fingerprint density at radius 1 is 0.426 bits per heavy atom. The van der Waals surface area contributed by atoms with Crippen LogP contribution in [0.5, 0.6) is 0 Å². The van der Waals surface area contributed by atoms with Gasteiger partial charge in [0.25, 0.3) is 0 Å². The van der Waals surface area contributed by atoms with Gasteiger partial charge in [0.05, 0.1) is 23.0 Å². The SMILES string of the molecule is Cc1ccc(N(c2ccccc2)c2cc(C)c3ccc4c(N(c5ccccc5)c5ccc(C#N)cc5)cc(C)c5ccc2c3c54)cc1. The van der Waals surface area contributed by atoms with E-state index in [0.29, 0.717) is 5.56 Å². The van der Waals surface area contributed by atoms with Gasteiger partial charge in [-0.1, -0.05) is 78.4 Å². The average Bonchev–Trinajstić information content (AvgIpc) is 3.11. The lowest BCUT2D eigenvalue weighted by Gasteiger charge is -2.30. The van der Waals surface area contributed by atoms with Gasteiger partial charge in [0.15, 0.2) is 0 Å². The third-order valence-electron chi connectivity index (χ3n) is 9.33. The molecule has 0 saturated carbocycles. The highest BCUT2D eigenvalue weighted by atomic mass is 15.1. The highest BCUT2D eigenvalue weighted by molar-refractivity contribution is 6.29. The number of benzene rings is 8. The van der Waals surface area contributed by atoms with Crippen molar-refractivity contribution in [3.8, 4) is 6.07 Å². The van der Waals surface area contributed by atoms with Crippen molar-refractivity contribution in [2.45, 2.75) is 20.8 Å². The van der Waals surface area contributed by atoms with Gasteiger partial charge in [-0.15, -0.1) is 0 Å². The van der Waals surface area contributed by atoms with Crippen LogP contribution in [0.2, 0.25) is 0 Å². The average molecular weight is 604 g/mol. The van der Waals surface area contributed by atoms with Crippen molar-refractivity contribution in [3.05, 3.63) is 168 Å². The van der Waals surface area contributed by atoms with Gasteiger partial charge in [-0.25, -0.2) is 0 Å². The maximum Gasteiger partial charge on any atom is 0.0991 e. The van der Waals surface area contributed by atoms with Gasteiger partial charge >= 0.3 is 0 Å². The summed E-state index contributed by atoms with van der Waals surface area (Å²) in [6.07, 6.45) is 0. The van der Waals surface area contributed by atoms with Gasteiger partial charge in [0.1, 0.15) is 0 Å².